The number of piperidine rings is 1. The number of oxazole rings is 1. The van der Waals surface area contributed by atoms with E-state index in [9.17, 15) is 4.79 Å². The van der Waals surface area contributed by atoms with Crippen LogP contribution in [-0.4, -0.2) is 60.1 Å². The molecule has 5 aromatic heterocycles. The number of aryl methyl sites for hydroxylation is 2. The van der Waals surface area contributed by atoms with E-state index in [4.69, 9.17) is 20.1 Å². The van der Waals surface area contributed by atoms with Gasteiger partial charge in [0.15, 0.2) is 17.3 Å². The number of imidazole rings is 1. The molecule has 2 N–H and O–H groups in total. The average Bonchev–Trinajstić information content (AvgIpc) is 3.62. The van der Waals surface area contributed by atoms with Gasteiger partial charge in [-0.25, -0.2) is 19.9 Å². The number of nitrogens with two attached hydrogens (primary N) is 1. The average molecular weight is 523 g/mol. The van der Waals surface area contributed by atoms with E-state index in [0.29, 0.717) is 23.7 Å². The van der Waals surface area contributed by atoms with E-state index in [1.165, 1.54) is 12.5 Å². The Bertz CT molecular complexity index is 1630. The van der Waals surface area contributed by atoms with Gasteiger partial charge in [0.1, 0.15) is 23.3 Å². The molecule has 10 heteroatoms. The molecule has 0 amide bonds. The first-order valence-corrected chi connectivity index (χ1v) is 13.2. The first-order chi connectivity index (χ1) is 19.0. The summed E-state index contributed by atoms with van der Waals surface area (Å²) in [6.45, 7) is 4.12. The fourth-order valence-corrected chi connectivity index (χ4v) is 5.12. The fraction of sp³-hybridized carbons (Fsp3) is 0.310. The summed E-state index contributed by atoms with van der Waals surface area (Å²) in [5.41, 5.74) is 11.8. The zero-order valence-electron chi connectivity index (χ0n) is 22.0. The zero-order chi connectivity index (χ0) is 26.9. The lowest BCUT2D eigenvalue weighted by Gasteiger charge is -2.28. The molecule has 6 rings (SSSR count). The SMILES string of the molecule is Cc1cnc2ccc(-c3nc(C(=O)CCc4cccc(C5CCN(C)CC5)n4)c(N)nc3-c3ncco3)cn12. The number of likely N-dealkylation sites (tertiary alicyclic amines) is 1. The van der Waals surface area contributed by atoms with Gasteiger partial charge in [0.2, 0.25) is 5.89 Å². The van der Waals surface area contributed by atoms with Crippen molar-refractivity contribution in [2.24, 2.45) is 0 Å². The normalized spacial score (nSPS) is 14.7. The van der Waals surface area contributed by atoms with Crippen molar-refractivity contribution in [2.45, 2.75) is 38.5 Å². The Morgan fingerprint density at radius 3 is 2.72 bits per heavy atom. The van der Waals surface area contributed by atoms with Crippen LogP contribution in [0.1, 0.15) is 52.8 Å². The number of carbonyl (C=O) groups is 1. The predicted octanol–water partition coefficient (Wildman–Crippen LogP) is 4.36. The lowest BCUT2D eigenvalue weighted by molar-refractivity contribution is 0.0978. The van der Waals surface area contributed by atoms with Gasteiger partial charge in [-0.2, -0.15) is 0 Å². The second kappa shape index (κ2) is 10.4. The summed E-state index contributed by atoms with van der Waals surface area (Å²) in [6, 6.07) is 9.88. The van der Waals surface area contributed by atoms with Gasteiger partial charge in [-0.3, -0.25) is 9.78 Å². The maximum Gasteiger partial charge on any atom is 0.247 e. The van der Waals surface area contributed by atoms with E-state index in [0.717, 1.165) is 54.2 Å². The first kappa shape index (κ1) is 24.9. The van der Waals surface area contributed by atoms with Crippen LogP contribution in [-0.2, 0) is 6.42 Å². The monoisotopic (exact) mass is 522 g/mol. The third-order valence-electron chi connectivity index (χ3n) is 7.36. The summed E-state index contributed by atoms with van der Waals surface area (Å²) in [6.07, 6.45) is 9.63. The van der Waals surface area contributed by atoms with E-state index >= 15 is 0 Å². The predicted molar refractivity (Wildman–Crippen MR) is 147 cm³/mol. The van der Waals surface area contributed by atoms with Crippen LogP contribution in [0.25, 0.3) is 28.5 Å². The van der Waals surface area contributed by atoms with Crippen molar-refractivity contribution in [3.63, 3.8) is 0 Å². The maximum atomic E-state index is 13.4. The summed E-state index contributed by atoms with van der Waals surface area (Å²) >= 11 is 0. The maximum absolute atomic E-state index is 13.4. The third kappa shape index (κ3) is 5.03. The molecule has 1 fully saturated rings. The zero-order valence-corrected chi connectivity index (χ0v) is 22.0. The van der Waals surface area contributed by atoms with Crippen molar-refractivity contribution in [3.8, 4) is 22.8 Å². The number of anilines is 1. The van der Waals surface area contributed by atoms with Gasteiger partial charge in [-0.15, -0.1) is 0 Å². The smallest absolute Gasteiger partial charge is 0.247 e. The molecule has 39 heavy (non-hydrogen) atoms. The Hall–Kier alpha value is -4.44. The number of nitrogen functional groups attached to an aromatic ring is 1. The highest BCUT2D eigenvalue weighted by molar-refractivity contribution is 5.99. The van der Waals surface area contributed by atoms with Crippen molar-refractivity contribution in [1.82, 2.24) is 34.2 Å². The standard InChI is InChI=1S/C29H30N8O2/c1-18-16-32-24-9-6-20(17-37(18)24)25-27(29-31-12-15-39-29)35-28(30)26(34-25)23(38)8-7-21-4-3-5-22(33-21)19-10-13-36(2)14-11-19/h3-6,9,12,15-17,19H,7-8,10-11,13-14H2,1-2H3,(H2,30,35). The van der Waals surface area contributed by atoms with Crippen LogP contribution in [0.3, 0.4) is 0 Å². The van der Waals surface area contributed by atoms with E-state index < -0.39 is 0 Å². The molecule has 1 saturated heterocycles. The second-order valence-corrected chi connectivity index (χ2v) is 10.1. The number of hydrogen-bond acceptors (Lipinski definition) is 9. The second-order valence-electron chi connectivity index (χ2n) is 10.1. The minimum Gasteiger partial charge on any atom is -0.443 e. The van der Waals surface area contributed by atoms with E-state index in [2.05, 4.69) is 33.0 Å². The number of hydrogen-bond donors (Lipinski definition) is 1. The van der Waals surface area contributed by atoms with Crippen molar-refractivity contribution >= 4 is 17.2 Å². The molecule has 1 aliphatic rings. The van der Waals surface area contributed by atoms with Gasteiger partial charge in [-0.1, -0.05) is 6.07 Å². The molecule has 0 unspecified atom stereocenters. The minimum absolute atomic E-state index is 0.0462. The van der Waals surface area contributed by atoms with Gasteiger partial charge in [-0.05, 0) is 70.6 Å². The lowest BCUT2D eigenvalue weighted by Crippen LogP contribution is -2.29. The van der Waals surface area contributed by atoms with Crippen LogP contribution in [0.5, 0.6) is 0 Å². The Morgan fingerprint density at radius 1 is 1.08 bits per heavy atom. The number of pyridine rings is 2. The van der Waals surface area contributed by atoms with Crippen LogP contribution in [0.15, 0.2) is 59.6 Å². The molecular formula is C29H30N8O2. The molecule has 5 aromatic rings. The fourth-order valence-electron chi connectivity index (χ4n) is 5.12. The molecule has 0 aromatic carbocycles. The van der Waals surface area contributed by atoms with Gasteiger partial charge < -0.3 is 19.5 Å². The summed E-state index contributed by atoms with van der Waals surface area (Å²) in [4.78, 5) is 38.5. The van der Waals surface area contributed by atoms with Crippen LogP contribution in [0.2, 0.25) is 0 Å². The van der Waals surface area contributed by atoms with Gasteiger partial charge in [0.25, 0.3) is 0 Å². The highest BCUT2D eigenvalue weighted by Crippen LogP contribution is 2.31. The van der Waals surface area contributed by atoms with Crippen LogP contribution in [0, 0.1) is 6.92 Å². The summed E-state index contributed by atoms with van der Waals surface area (Å²) in [5, 5.41) is 0. The van der Waals surface area contributed by atoms with E-state index in [-0.39, 0.29) is 29.6 Å². The van der Waals surface area contributed by atoms with Gasteiger partial charge in [0, 0.05) is 47.4 Å². The minimum atomic E-state index is -0.188. The Kier molecular flexibility index (Phi) is 6.62. The number of Topliss-reactive ketones (excluding diaryl/α,β-unsaturated/α-hetero) is 1. The highest BCUT2D eigenvalue weighted by Gasteiger charge is 2.23. The van der Waals surface area contributed by atoms with Crippen LogP contribution in [0.4, 0.5) is 5.82 Å². The molecule has 0 atom stereocenters. The molecular weight excluding hydrogens is 492 g/mol. The number of fused-ring (bicyclic) bond motifs is 1. The number of aromatic nitrogens is 6. The Morgan fingerprint density at radius 2 is 1.92 bits per heavy atom. The molecule has 0 bridgehead atoms. The first-order valence-electron chi connectivity index (χ1n) is 13.2. The number of rotatable bonds is 7. The van der Waals surface area contributed by atoms with Gasteiger partial charge >= 0.3 is 0 Å². The van der Waals surface area contributed by atoms with Crippen molar-refractivity contribution in [1.29, 1.82) is 0 Å². The summed E-state index contributed by atoms with van der Waals surface area (Å²) in [5.74, 6) is 0.595. The van der Waals surface area contributed by atoms with Crippen LogP contribution >= 0.6 is 0 Å². The van der Waals surface area contributed by atoms with E-state index in [1.807, 2.05) is 41.8 Å². The summed E-state index contributed by atoms with van der Waals surface area (Å²) < 4.78 is 7.48. The molecule has 6 heterocycles. The summed E-state index contributed by atoms with van der Waals surface area (Å²) in [7, 11) is 2.15. The molecule has 0 radical (unpaired) electrons. The van der Waals surface area contributed by atoms with E-state index in [1.54, 1.807) is 6.20 Å². The third-order valence-corrected chi connectivity index (χ3v) is 7.36. The van der Waals surface area contributed by atoms with Crippen LogP contribution < -0.4 is 5.73 Å². The number of carbonyl (C=O) groups excluding carboxylic acids is 1. The Balaban J connectivity index is 1.28. The molecule has 0 aliphatic carbocycles. The lowest BCUT2D eigenvalue weighted by atomic mass is 9.93. The largest absolute Gasteiger partial charge is 0.443 e. The van der Waals surface area contributed by atoms with Crippen molar-refractivity contribution < 1.29 is 9.21 Å². The van der Waals surface area contributed by atoms with Crippen molar-refractivity contribution in [3.05, 3.63) is 78.0 Å². The Labute approximate surface area is 226 Å². The highest BCUT2D eigenvalue weighted by atomic mass is 16.3. The number of nitrogens with zero attached hydrogens (tertiary/aromatic N) is 7. The van der Waals surface area contributed by atoms with Gasteiger partial charge in [0.05, 0.1) is 6.20 Å². The topological polar surface area (TPSA) is 128 Å². The quantitative estimate of drug-likeness (QED) is 0.310. The molecule has 198 valence electrons. The molecule has 1 aliphatic heterocycles. The molecule has 10 nitrogen and oxygen atoms in total. The van der Waals surface area contributed by atoms with Crippen molar-refractivity contribution in [2.75, 3.05) is 25.9 Å². The molecule has 0 spiro atoms. The molecule has 0 saturated carbocycles. The number of ketones is 1.